The molecule has 3 nitrogen and oxygen atoms in total. The normalized spacial score (nSPS) is 10.4. The van der Waals surface area contributed by atoms with Crippen molar-refractivity contribution in [3.8, 4) is 0 Å². The number of rotatable bonds is 4. The number of aromatic nitrogens is 1. The Labute approximate surface area is 108 Å². The molecule has 0 atom stereocenters. The first-order valence-corrected chi connectivity index (χ1v) is 6.12. The zero-order valence-electron chi connectivity index (χ0n) is 11.1. The van der Waals surface area contributed by atoms with Crippen LogP contribution in [0.1, 0.15) is 11.1 Å². The maximum Gasteiger partial charge on any atom is 0.137 e. The van der Waals surface area contributed by atoms with E-state index in [1.807, 2.05) is 19.3 Å². The molecule has 18 heavy (non-hydrogen) atoms. The Bertz CT molecular complexity index is 523. The molecule has 1 aromatic carbocycles. The molecule has 0 fully saturated rings. The number of nitrogens with zero attached hydrogens (tertiary/aromatic N) is 2. The number of anilines is 2. The van der Waals surface area contributed by atoms with Crippen LogP contribution in [0.2, 0.25) is 0 Å². The van der Waals surface area contributed by atoms with Crippen LogP contribution in [0.25, 0.3) is 0 Å². The molecule has 0 saturated heterocycles. The van der Waals surface area contributed by atoms with Gasteiger partial charge in [-0.2, -0.15) is 0 Å². The Morgan fingerprint density at radius 3 is 2.67 bits per heavy atom. The fraction of sp³-hybridized carbons (Fsp3) is 0.267. The van der Waals surface area contributed by atoms with E-state index in [9.17, 15) is 0 Å². The minimum absolute atomic E-state index is 0.819. The first-order valence-electron chi connectivity index (χ1n) is 6.12. The van der Waals surface area contributed by atoms with Crippen LogP contribution in [0.15, 0.2) is 42.6 Å². The molecule has 2 aromatic rings. The Morgan fingerprint density at radius 2 is 1.94 bits per heavy atom. The molecule has 0 amide bonds. The fourth-order valence-electron chi connectivity index (χ4n) is 2.11. The van der Waals surface area contributed by atoms with Crippen molar-refractivity contribution in [3.05, 3.63) is 53.7 Å². The largest absolute Gasteiger partial charge is 0.329 e. The molecule has 1 N–H and O–H groups in total. The number of aryl methyl sites for hydroxylation is 1. The smallest absolute Gasteiger partial charge is 0.137 e. The number of para-hydroxylation sites is 1. The summed E-state index contributed by atoms with van der Waals surface area (Å²) in [7, 11) is 4.01. The Hall–Kier alpha value is -1.87. The Kier molecular flexibility index (Phi) is 3.95. The zero-order valence-corrected chi connectivity index (χ0v) is 11.1. The van der Waals surface area contributed by atoms with E-state index >= 15 is 0 Å². The molecule has 2 rings (SSSR count). The first-order chi connectivity index (χ1) is 8.74. The van der Waals surface area contributed by atoms with Crippen molar-refractivity contribution in [1.82, 2.24) is 10.3 Å². The van der Waals surface area contributed by atoms with E-state index in [-0.39, 0.29) is 0 Å². The van der Waals surface area contributed by atoms with Gasteiger partial charge in [-0.1, -0.05) is 24.3 Å². The molecule has 0 aliphatic heterocycles. The third-order valence-electron chi connectivity index (χ3n) is 3.03. The zero-order chi connectivity index (χ0) is 13.0. The summed E-state index contributed by atoms with van der Waals surface area (Å²) in [6.45, 7) is 2.94. The molecule has 0 unspecified atom stereocenters. The second-order valence-corrected chi connectivity index (χ2v) is 4.36. The van der Waals surface area contributed by atoms with Crippen LogP contribution in [-0.4, -0.2) is 19.1 Å². The second kappa shape index (κ2) is 5.65. The van der Waals surface area contributed by atoms with Crippen LogP contribution < -0.4 is 10.2 Å². The summed E-state index contributed by atoms with van der Waals surface area (Å²) in [5.41, 5.74) is 3.64. The SMILES string of the molecule is CNCc1cccnc1N(C)c1ccccc1C. The average molecular weight is 241 g/mol. The minimum Gasteiger partial charge on any atom is -0.329 e. The predicted molar refractivity (Wildman–Crippen MR) is 76.2 cm³/mol. The van der Waals surface area contributed by atoms with Gasteiger partial charge in [-0.3, -0.25) is 0 Å². The van der Waals surface area contributed by atoms with Crippen molar-refractivity contribution in [3.63, 3.8) is 0 Å². The van der Waals surface area contributed by atoms with Crippen LogP contribution in [-0.2, 0) is 6.54 Å². The van der Waals surface area contributed by atoms with Crippen LogP contribution in [0, 0.1) is 6.92 Å². The van der Waals surface area contributed by atoms with E-state index in [2.05, 4.69) is 59.5 Å². The van der Waals surface area contributed by atoms with Crippen LogP contribution >= 0.6 is 0 Å². The van der Waals surface area contributed by atoms with E-state index in [4.69, 9.17) is 0 Å². The maximum atomic E-state index is 4.50. The molecule has 94 valence electrons. The molecule has 0 aliphatic carbocycles. The quantitative estimate of drug-likeness (QED) is 0.892. The monoisotopic (exact) mass is 241 g/mol. The van der Waals surface area contributed by atoms with Crippen molar-refractivity contribution in [1.29, 1.82) is 0 Å². The maximum absolute atomic E-state index is 4.50. The summed E-state index contributed by atoms with van der Waals surface area (Å²) < 4.78 is 0. The standard InChI is InChI=1S/C15H19N3/c1-12-7-4-5-9-14(12)18(3)15-13(11-16-2)8-6-10-17-15/h4-10,16H,11H2,1-3H3. The Balaban J connectivity index is 2.40. The molecule has 1 heterocycles. The third kappa shape index (κ3) is 2.51. The molecule has 0 spiro atoms. The number of hydrogen-bond acceptors (Lipinski definition) is 3. The van der Waals surface area contributed by atoms with Gasteiger partial charge in [0.1, 0.15) is 5.82 Å². The van der Waals surface area contributed by atoms with E-state index in [1.165, 1.54) is 16.8 Å². The molecular weight excluding hydrogens is 222 g/mol. The molecule has 0 saturated carbocycles. The summed E-state index contributed by atoms with van der Waals surface area (Å²) in [6.07, 6.45) is 1.84. The number of benzene rings is 1. The highest BCUT2D eigenvalue weighted by molar-refractivity contribution is 5.65. The van der Waals surface area contributed by atoms with Crippen molar-refractivity contribution in [2.75, 3.05) is 19.0 Å². The molecule has 0 bridgehead atoms. The van der Waals surface area contributed by atoms with Gasteiger partial charge in [0.05, 0.1) is 0 Å². The van der Waals surface area contributed by atoms with Gasteiger partial charge in [-0.05, 0) is 31.7 Å². The number of nitrogens with one attached hydrogen (secondary N) is 1. The van der Waals surface area contributed by atoms with Gasteiger partial charge in [0.15, 0.2) is 0 Å². The lowest BCUT2D eigenvalue weighted by Crippen LogP contribution is -2.17. The highest BCUT2D eigenvalue weighted by Crippen LogP contribution is 2.27. The van der Waals surface area contributed by atoms with Crippen LogP contribution in [0.3, 0.4) is 0 Å². The lowest BCUT2D eigenvalue weighted by atomic mass is 10.1. The molecular formula is C15H19N3. The highest BCUT2D eigenvalue weighted by atomic mass is 15.2. The molecule has 0 radical (unpaired) electrons. The van der Waals surface area contributed by atoms with E-state index < -0.39 is 0 Å². The van der Waals surface area contributed by atoms with E-state index in [0.29, 0.717) is 0 Å². The Morgan fingerprint density at radius 1 is 1.17 bits per heavy atom. The number of hydrogen-bond donors (Lipinski definition) is 1. The van der Waals surface area contributed by atoms with Gasteiger partial charge in [0.2, 0.25) is 0 Å². The topological polar surface area (TPSA) is 28.2 Å². The summed E-state index contributed by atoms with van der Waals surface area (Å²) in [5, 5.41) is 3.18. The van der Waals surface area contributed by atoms with Gasteiger partial charge in [0.25, 0.3) is 0 Å². The average Bonchev–Trinajstić information content (AvgIpc) is 2.40. The lowest BCUT2D eigenvalue weighted by Gasteiger charge is -2.22. The second-order valence-electron chi connectivity index (χ2n) is 4.36. The summed E-state index contributed by atoms with van der Waals surface area (Å²) in [5.74, 6) is 1.00. The fourth-order valence-corrected chi connectivity index (χ4v) is 2.11. The summed E-state index contributed by atoms with van der Waals surface area (Å²) in [6, 6.07) is 12.4. The van der Waals surface area contributed by atoms with Gasteiger partial charge in [0, 0.05) is 31.0 Å². The first kappa shape index (κ1) is 12.6. The van der Waals surface area contributed by atoms with Gasteiger partial charge in [-0.25, -0.2) is 4.98 Å². The van der Waals surface area contributed by atoms with Crippen LogP contribution in [0.5, 0.6) is 0 Å². The van der Waals surface area contributed by atoms with Gasteiger partial charge >= 0.3 is 0 Å². The molecule has 3 heteroatoms. The van der Waals surface area contributed by atoms with Crippen molar-refractivity contribution < 1.29 is 0 Å². The van der Waals surface area contributed by atoms with Crippen LogP contribution in [0.4, 0.5) is 11.5 Å². The van der Waals surface area contributed by atoms with Gasteiger partial charge < -0.3 is 10.2 Å². The van der Waals surface area contributed by atoms with E-state index in [0.717, 1.165) is 12.4 Å². The van der Waals surface area contributed by atoms with Crippen molar-refractivity contribution in [2.24, 2.45) is 0 Å². The van der Waals surface area contributed by atoms with Crippen molar-refractivity contribution >= 4 is 11.5 Å². The van der Waals surface area contributed by atoms with Gasteiger partial charge in [-0.15, -0.1) is 0 Å². The summed E-state index contributed by atoms with van der Waals surface area (Å²) >= 11 is 0. The molecule has 1 aromatic heterocycles. The predicted octanol–water partition coefficient (Wildman–Crippen LogP) is 2.88. The van der Waals surface area contributed by atoms with Crippen molar-refractivity contribution in [2.45, 2.75) is 13.5 Å². The third-order valence-corrected chi connectivity index (χ3v) is 3.03. The number of pyridine rings is 1. The minimum atomic E-state index is 0.819. The molecule has 0 aliphatic rings. The van der Waals surface area contributed by atoms with E-state index in [1.54, 1.807) is 0 Å². The summed E-state index contributed by atoms with van der Waals surface area (Å²) in [4.78, 5) is 6.64. The lowest BCUT2D eigenvalue weighted by molar-refractivity contribution is 0.810. The highest BCUT2D eigenvalue weighted by Gasteiger charge is 2.11.